The van der Waals surface area contributed by atoms with Gasteiger partial charge in [0, 0.05) is 13.0 Å². The number of amides is 1. The summed E-state index contributed by atoms with van der Waals surface area (Å²) < 4.78 is 2.10. The van der Waals surface area contributed by atoms with Gasteiger partial charge in [-0.3, -0.25) is 4.79 Å². The van der Waals surface area contributed by atoms with E-state index in [4.69, 9.17) is 0 Å². The second kappa shape index (κ2) is 5.26. The molecule has 1 amide bonds. The van der Waals surface area contributed by atoms with E-state index in [0.29, 0.717) is 6.42 Å². The van der Waals surface area contributed by atoms with Crippen LogP contribution in [0, 0.1) is 0 Å². The molecule has 0 saturated carbocycles. The van der Waals surface area contributed by atoms with Crippen molar-refractivity contribution in [3.8, 4) is 0 Å². The fourth-order valence-electron chi connectivity index (χ4n) is 2.54. The SMILES string of the molecule is O=C(CCc1ccccc1)NC1CCn2cncc21. The Morgan fingerprint density at radius 1 is 1.37 bits per heavy atom. The van der Waals surface area contributed by atoms with Crippen molar-refractivity contribution in [3.63, 3.8) is 0 Å². The van der Waals surface area contributed by atoms with Gasteiger partial charge in [-0.15, -0.1) is 0 Å². The number of fused-ring (bicyclic) bond motifs is 1. The zero-order valence-electron chi connectivity index (χ0n) is 10.7. The Labute approximate surface area is 112 Å². The molecule has 1 atom stereocenters. The molecule has 2 aromatic rings. The van der Waals surface area contributed by atoms with Crippen LogP contribution in [0.3, 0.4) is 0 Å². The molecule has 0 bridgehead atoms. The summed E-state index contributed by atoms with van der Waals surface area (Å²) in [5, 5.41) is 3.09. The summed E-state index contributed by atoms with van der Waals surface area (Å²) in [6, 6.07) is 10.2. The van der Waals surface area contributed by atoms with Gasteiger partial charge in [0.15, 0.2) is 0 Å². The van der Waals surface area contributed by atoms with E-state index < -0.39 is 0 Å². The molecule has 4 heteroatoms. The lowest BCUT2D eigenvalue weighted by molar-refractivity contribution is -0.121. The molecule has 0 radical (unpaired) electrons. The Morgan fingerprint density at radius 3 is 3.05 bits per heavy atom. The highest BCUT2D eigenvalue weighted by Gasteiger charge is 2.23. The highest BCUT2D eigenvalue weighted by molar-refractivity contribution is 5.76. The Kier molecular flexibility index (Phi) is 3.31. The third-order valence-corrected chi connectivity index (χ3v) is 3.58. The first kappa shape index (κ1) is 12.0. The molecule has 1 unspecified atom stereocenters. The number of imidazole rings is 1. The second-order valence-electron chi connectivity index (χ2n) is 4.91. The Hall–Kier alpha value is -2.10. The third-order valence-electron chi connectivity index (χ3n) is 3.58. The maximum absolute atomic E-state index is 12.0. The first-order valence-electron chi connectivity index (χ1n) is 6.66. The van der Waals surface area contributed by atoms with Gasteiger partial charge in [-0.1, -0.05) is 30.3 Å². The lowest BCUT2D eigenvalue weighted by atomic mass is 10.1. The van der Waals surface area contributed by atoms with Crippen molar-refractivity contribution in [2.45, 2.75) is 31.8 Å². The lowest BCUT2D eigenvalue weighted by Gasteiger charge is -2.11. The first-order valence-corrected chi connectivity index (χ1v) is 6.66. The molecule has 3 rings (SSSR count). The van der Waals surface area contributed by atoms with E-state index >= 15 is 0 Å². The van der Waals surface area contributed by atoms with Crippen LogP contribution in [-0.4, -0.2) is 15.5 Å². The smallest absolute Gasteiger partial charge is 0.220 e. The van der Waals surface area contributed by atoms with Gasteiger partial charge < -0.3 is 9.88 Å². The number of aromatic nitrogens is 2. The average molecular weight is 255 g/mol. The van der Waals surface area contributed by atoms with Gasteiger partial charge in [-0.05, 0) is 18.4 Å². The summed E-state index contributed by atoms with van der Waals surface area (Å²) in [5.74, 6) is 0.114. The van der Waals surface area contributed by atoms with Gasteiger partial charge in [0.2, 0.25) is 5.91 Å². The summed E-state index contributed by atoms with van der Waals surface area (Å²) in [5.41, 5.74) is 2.32. The Balaban J connectivity index is 1.53. The molecule has 1 aromatic heterocycles. The van der Waals surface area contributed by atoms with Crippen molar-refractivity contribution < 1.29 is 4.79 Å². The van der Waals surface area contributed by atoms with Crippen LogP contribution in [0.25, 0.3) is 0 Å². The molecule has 0 saturated heterocycles. The zero-order chi connectivity index (χ0) is 13.1. The Bertz CT molecular complexity index is 562. The maximum Gasteiger partial charge on any atom is 0.220 e. The molecular formula is C15H17N3O. The van der Waals surface area contributed by atoms with Gasteiger partial charge in [0.25, 0.3) is 0 Å². The molecule has 1 aliphatic rings. The Morgan fingerprint density at radius 2 is 2.21 bits per heavy atom. The van der Waals surface area contributed by atoms with Gasteiger partial charge in [0.1, 0.15) is 0 Å². The summed E-state index contributed by atoms with van der Waals surface area (Å²) in [6.07, 6.45) is 5.96. The molecule has 0 spiro atoms. The average Bonchev–Trinajstić information content (AvgIpc) is 3.03. The predicted octanol–water partition coefficient (Wildman–Crippen LogP) is 2.08. The second-order valence-corrected chi connectivity index (χ2v) is 4.91. The molecule has 2 heterocycles. The van der Waals surface area contributed by atoms with Crippen LogP contribution in [0.5, 0.6) is 0 Å². The van der Waals surface area contributed by atoms with Gasteiger partial charge in [-0.2, -0.15) is 0 Å². The van der Waals surface area contributed by atoms with E-state index in [0.717, 1.165) is 25.1 Å². The summed E-state index contributed by atoms with van der Waals surface area (Å²) in [6.45, 7) is 0.943. The highest BCUT2D eigenvalue weighted by atomic mass is 16.1. The van der Waals surface area contributed by atoms with Crippen LogP contribution >= 0.6 is 0 Å². The third kappa shape index (κ3) is 2.67. The first-order chi connectivity index (χ1) is 9.33. The normalized spacial score (nSPS) is 17.2. The minimum Gasteiger partial charge on any atom is -0.348 e. The van der Waals surface area contributed by atoms with Crippen molar-refractivity contribution in [2.24, 2.45) is 0 Å². The number of carbonyl (C=O) groups is 1. The van der Waals surface area contributed by atoms with Crippen LogP contribution in [0.4, 0.5) is 0 Å². The molecule has 98 valence electrons. The van der Waals surface area contributed by atoms with Crippen LogP contribution in [0.15, 0.2) is 42.9 Å². The van der Waals surface area contributed by atoms with E-state index in [2.05, 4.69) is 27.0 Å². The van der Waals surface area contributed by atoms with E-state index in [1.165, 1.54) is 5.56 Å². The largest absolute Gasteiger partial charge is 0.348 e. The van der Waals surface area contributed by atoms with Crippen molar-refractivity contribution in [1.29, 1.82) is 0 Å². The van der Waals surface area contributed by atoms with Crippen LogP contribution in [0.2, 0.25) is 0 Å². The lowest BCUT2D eigenvalue weighted by Crippen LogP contribution is -2.27. The quantitative estimate of drug-likeness (QED) is 0.909. The summed E-state index contributed by atoms with van der Waals surface area (Å²) >= 11 is 0. The van der Waals surface area contributed by atoms with Crippen molar-refractivity contribution in [2.75, 3.05) is 0 Å². The van der Waals surface area contributed by atoms with Crippen molar-refractivity contribution in [1.82, 2.24) is 14.9 Å². The standard InChI is InChI=1S/C15H17N3O/c19-15(7-6-12-4-2-1-3-5-12)17-13-8-9-18-11-16-10-14(13)18/h1-5,10-11,13H,6-9H2,(H,17,19). The van der Waals surface area contributed by atoms with Gasteiger partial charge in [0.05, 0.1) is 24.3 Å². The minimum atomic E-state index is 0.114. The number of nitrogens with one attached hydrogen (secondary N) is 1. The van der Waals surface area contributed by atoms with Crippen LogP contribution in [0.1, 0.15) is 30.1 Å². The highest BCUT2D eigenvalue weighted by Crippen LogP contribution is 2.24. The van der Waals surface area contributed by atoms with E-state index in [1.807, 2.05) is 30.7 Å². The van der Waals surface area contributed by atoms with Crippen LogP contribution < -0.4 is 5.32 Å². The summed E-state index contributed by atoms with van der Waals surface area (Å²) in [4.78, 5) is 16.1. The number of rotatable bonds is 4. The minimum absolute atomic E-state index is 0.114. The number of hydrogen-bond acceptors (Lipinski definition) is 2. The molecule has 1 aromatic carbocycles. The number of carbonyl (C=O) groups excluding carboxylic acids is 1. The number of aryl methyl sites for hydroxylation is 2. The maximum atomic E-state index is 12.0. The fraction of sp³-hybridized carbons (Fsp3) is 0.333. The van der Waals surface area contributed by atoms with E-state index in [9.17, 15) is 4.79 Å². The molecule has 0 fully saturated rings. The number of benzene rings is 1. The van der Waals surface area contributed by atoms with Crippen molar-refractivity contribution >= 4 is 5.91 Å². The van der Waals surface area contributed by atoms with Crippen molar-refractivity contribution in [3.05, 3.63) is 54.1 Å². The predicted molar refractivity (Wildman–Crippen MR) is 72.5 cm³/mol. The van der Waals surface area contributed by atoms with E-state index in [-0.39, 0.29) is 11.9 Å². The monoisotopic (exact) mass is 255 g/mol. The number of nitrogens with zero attached hydrogens (tertiary/aromatic N) is 2. The topological polar surface area (TPSA) is 46.9 Å². The van der Waals surface area contributed by atoms with Gasteiger partial charge in [-0.25, -0.2) is 4.98 Å². The fourth-order valence-corrected chi connectivity index (χ4v) is 2.54. The molecule has 4 nitrogen and oxygen atoms in total. The van der Waals surface area contributed by atoms with Gasteiger partial charge >= 0.3 is 0 Å². The zero-order valence-corrected chi connectivity index (χ0v) is 10.7. The van der Waals surface area contributed by atoms with Crippen LogP contribution in [-0.2, 0) is 17.8 Å². The molecular weight excluding hydrogens is 238 g/mol. The summed E-state index contributed by atoms with van der Waals surface area (Å²) in [7, 11) is 0. The number of hydrogen-bond donors (Lipinski definition) is 1. The van der Waals surface area contributed by atoms with E-state index in [1.54, 1.807) is 0 Å². The molecule has 1 aliphatic heterocycles. The molecule has 19 heavy (non-hydrogen) atoms. The molecule has 0 aliphatic carbocycles. The molecule has 1 N–H and O–H groups in total.